The van der Waals surface area contributed by atoms with Crippen LogP contribution in [0.4, 0.5) is 5.69 Å². The number of benzene rings is 3. The monoisotopic (exact) mass is 455 g/mol. The quantitative estimate of drug-likeness (QED) is 0.470. The van der Waals surface area contributed by atoms with Gasteiger partial charge >= 0.3 is 0 Å². The molecule has 0 radical (unpaired) electrons. The molecule has 34 heavy (non-hydrogen) atoms. The van der Waals surface area contributed by atoms with Crippen LogP contribution in [-0.4, -0.2) is 28.7 Å². The second-order valence-electron chi connectivity index (χ2n) is 8.65. The summed E-state index contributed by atoms with van der Waals surface area (Å²) in [6.45, 7) is 5.75. The third kappa shape index (κ3) is 4.24. The van der Waals surface area contributed by atoms with Gasteiger partial charge in [-0.15, -0.1) is 0 Å². The summed E-state index contributed by atoms with van der Waals surface area (Å²) in [4.78, 5) is 30.7. The van der Waals surface area contributed by atoms with E-state index in [1.807, 2.05) is 24.3 Å². The number of anilines is 1. The molecule has 7 nitrogen and oxygen atoms in total. The van der Waals surface area contributed by atoms with Crippen molar-refractivity contribution < 1.29 is 14.3 Å². The zero-order valence-corrected chi connectivity index (χ0v) is 19.1. The fourth-order valence-corrected chi connectivity index (χ4v) is 4.03. The van der Waals surface area contributed by atoms with Crippen LogP contribution in [0.5, 0.6) is 11.5 Å². The highest BCUT2D eigenvalue weighted by atomic mass is 16.6. The van der Waals surface area contributed by atoms with Crippen LogP contribution in [0, 0.1) is 5.92 Å². The van der Waals surface area contributed by atoms with Crippen LogP contribution in [0.15, 0.2) is 71.5 Å². The zero-order chi connectivity index (χ0) is 23.7. The SMILES string of the molecule is CC(C)Cn1c(=O)c(-c2ccc(C(=O)Nc3ccc4c(c3)OCCO4)cc2)nc2ccccc21. The Hall–Kier alpha value is -4.13. The van der Waals surface area contributed by atoms with Gasteiger partial charge in [-0.1, -0.05) is 38.1 Å². The number of para-hydroxylation sites is 2. The number of hydrogen-bond donors (Lipinski definition) is 1. The van der Waals surface area contributed by atoms with Crippen LogP contribution in [0.3, 0.4) is 0 Å². The molecule has 3 aromatic carbocycles. The second-order valence-corrected chi connectivity index (χ2v) is 8.65. The minimum absolute atomic E-state index is 0.138. The summed E-state index contributed by atoms with van der Waals surface area (Å²) in [5, 5.41) is 2.88. The van der Waals surface area contributed by atoms with E-state index >= 15 is 0 Å². The molecule has 1 amide bonds. The van der Waals surface area contributed by atoms with Crippen LogP contribution in [0.2, 0.25) is 0 Å². The number of carbonyl (C=O) groups excluding carboxylic acids is 1. The number of nitrogens with one attached hydrogen (secondary N) is 1. The summed E-state index contributed by atoms with van der Waals surface area (Å²) >= 11 is 0. The van der Waals surface area contributed by atoms with E-state index in [0.717, 1.165) is 11.0 Å². The minimum Gasteiger partial charge on any atom is -0.486 e. The van der Waals surface area contributed by atoms with E-state index in [-0.39, 0.29) is 11.5 Å². The lowest BCUT2D eigenvalue weighted by atomic mass is 10.1. The fourth-order valence-electron chi connectivity index (χ4n) is 4.03. The van der Waals surface area contributed by atoms with Gasteiger partial charge in [0.2, 0.25) is 0 Å². The summed E-state index contributed by atoms with van der Waals surface area (Å²) < 4.78 is 12.9. The number of rotatable bonds is 5. The maximum Gasteiger partial charge on any atom is 0.277 e. The van der Waals surface area contributed by atoms with Gasteiger partial charge in [-0.05, 0) is 42.3 Å². The van der Waals surface area contributed by atoms with Crippen LogP contribution >= 0.6 is 0 Å². The second kappa shape index (κ2) is 9.02. The van der Waals surface area contributed by atoms with Crippen LogP contribution in [0.25, 0.3) is 22.3 Å². The first-order valence-electron chi connectivity index (χ1n) is 11.3. The van der Waals surface area contributed by atoms with Gasteiger partial charge in [-0.25, -0.2) is 4.98 Å². The highest BCUT2D eigenvalue weighted by Crippen LogP contribution is 2.32. The number of nitrogens with zero attached hydrogens (tertiary/aromatic N) is 2. The van der Waals surface area contributed by atoms with E-state index in [9.17, 15) is 9.59 Å². The molecule has 1 aliphatic rings. The predicted molar refractivity (Wildman–Crippen MR) is 132 cm³/mol. The first-order chi connectivity index (χ1) is 16.5. The number of amides is 1. The lowest BCUT2D eigenvalue weighted by molar-refractivity contribution is 0.102. The first-order valence-corrected chi connectivity index (χ1v) is 11.3. The van der Waals surface area contributed by atoms with Crippen molar-refractivity contribution in [1.29, 1.82) is 0 Å². The molecule has 7 heteroatoms. The topological polar surface area (TPSA) is 82.5 Å². The number of hydrogen-bond acceptors (Lipinski definition) is 5. The Morgan fingerprint density at radius 2 is 1.74 bits per heavy atom. The molecule has 1 aromatic heterocycles. The Bertz CT molecular complexity index is 1420. The van der Waals surface area contributed by atoms with Gasteiger partial charge < -0.3 is 19.4 Å². The summed E-state index contributed by atoms with van der Waals surface area (Å²) in [5.41, 5.74) is 3.58. The Labute approximate surface area is 197 Å². The van der Waals surface area contributed by atoms with Crippen molar-refractivity contribution in [2.75, 3.05) is 18.5 Å². The van der Waals surface area contributed by atoms with Crippen LogP contribution in [-0.2, 0) is 6.54 Å². The molecule has 5 rings (SSSR count). The van der Waals surface area contributed by atoms with E-state index in [2.05, 4.69) is 24.1 Å². The molecule has 4 aromatic rings. The van der Waals surface area contributed by atoms with E-state index in [0.29, 0.717) is 59.7 Å². The molecule has 1 aliphatic heterocycles. The normalized spacial score (nSPS) is 12.7. The maximum absolute atomic E-state index is 13.3. The van der Waals surface area contributed by atoms with Gasteiger partial charge in [-0.2, -0.15) is 0 Å². The molecule has 0 atom stereocenters. The molecule has 0 saturated carbocycles. The van der Waals surface area contributed by atoms with Crippen molar-refractivity contribution >= 4 is 22.6 Å². The van der Waals surface area contributed by atoms with E-state index in [1.54, 1.807) is 47.0 Å². The van der Waals surface area contributed by atoms with Gasteiger partial charge in [0.25, 0.3) is 11.5 Å². The molecule has 0 aliphatic carbocycles. The molecule has 0 saturated heterocycles. The lowest BCUT2D eigenvalue weighted by Crippen LogP contribution is -2.25. The average Bonchev–Trinajstić information content (AvgIpc) is 2.85. The Balaban J connectivity index is 1.42. The molecule has 0 spiro atoms. The largest absolute Gasteiger partial charge is 0.486 e. The molecule has 0 bridgehead atoms. The third-order valence-corrected chi connectivity index (χ3v) is 5.62. The molecule has 0 unspecified atom stereocenters. The Morgan fingerprint density at radius 3 is 2.50 bits per heavy atom. The van der Waals surface area contributed by atoms with Crippen molar-refractivity contribution in [1.82, 2.24) is 9.55 Å². The van der Waals surface area contributed by atoms with Crippen LogP contribution in [0.1, 0.15) is 24.2 Å². The minimum atomic E-state index is -0.257. The van der Waals surface area contributed by atoms with Crippen molar-refractivity contribution in [3.63, 3.8) is 0 Å². The molecule has 0 fully saturated rings. The number of aromatic nitrogens is 2. The smallest absolute Gasteiger partial charge is 0.277 e. The van der Waals surface area contributed by atoms with Crippen LogP contribution < -0.4 is 20.3 Å². The lowest BCUT2D eigenvalue weighted by Gasteiger charge is -2.19. The molecular formula is C27H25N3O4. The van der Waals surface area contributed by atoms with Gasteiger partial charge in [0.1, 0.15) is 18.9 Å². The van der Waals surface area contributed by atoms with Crippen molar-refractivity contribution in [2.45, 2.75) is 20.4 Å². The number of fused-ring (bicyclic) bond motifs is 2. The van der Waals surface area contributed by atoms with Gasteiger partial charge in [0, 0.05) is 29.4 Å². The van der Waals surface area contributed by atoms with E-state index < -0.39 is 0 Å². The summed E-state index contributed by atoms with van der Waals surface area (Å²) in [6, 6.07) is 19.9. The van der Waals surface area contributed by atoms with E-state index in [1.165, 1.54) is 0 Å². The predicted octanol–water partition coefficient (Wildman–Crippen LogP) is 4.74. The molecule has 1 N–H and O–H groups in total. The third-order valence-electron chi connectivity index (χ3n) is 5.62. The van der Waals surface area contributed by atoms with Gasteiger partial charge in [0.05, 0.1) is 11.0 Å². The Morgan fingerprint density at radius 1 is 1.00 bits per heavy atom. The molecule has 172 valence electrons. The van der Waals surface area contributed by atoms with Crippen molar-refractivity contribution in [3.05, 3.63) is 82.6 Å². The summed E-state index contributed by atoms with van der Waals surface area (Å²) in [7, 11) is 0. The highest BCUT2D eigenvalue weighted by Gasteiger charge is 2.16. The van der Waals surface area contributed by atoms with Crippen molar-refractivity contribution in [3.8, 4) is 22.8 Å². The average molecular weight is 456 g/mol. The van der Waals surface area contributed by atoms with Gasteiger partial charge in [-0.3, -0.25) is 9.59 Å². The summed E-state index contributed by atoms with van der Waals surface area (Å²) in [5.74, 6) is 1.33. The Kier molecular flexibility index (Phi) is 5.76. The molecule has 2 heterocycles. The number of ether oxygens (including phenoxy) is 2. The maximum atomic E-state index is 13.3. The van der Waals surface area contributed by atoms with Gasteiger partial charge in [0.15, 0.2) is 11.5 Å². The number of carbonyl (C=O) groups is 1. The zero-order valence-electron chi connectivity index (χ0n) is 19.1. The summed E-state index contributed by atoms with van der Waals surface area (Å²) in [6.07, 6.45) is 0. The first kappa shape index (κ1) is 21.7. The fraction of sp³-hybridized carbons (Fsp3) is 0.222. The molecular weight excluding hydrogens is 430 g/mol. The van der Waals surface area contributed by atoms with E-state index in [4.69, 9.17) is 9.47 Å². The standard InChI is InChI=1S/C27H25N3O4/c1-17(2)16-30-22-6-4-3-5-21(22)29-25(27(30)32)18-7-9-19(10-8-18)26(31)28-20-11-12-23-24(15-20)34-14-13-33-23/h3-12,15,17H,13-14,16H2,1-2H3,(H,28,31). The van der Waals surface area contributed by atoms with Crippen molar-refractivity contribution in [2.24, 2.45) is 5.92 Å². The highest BCUT2D eigenvalue weighted by molar-refractivity contribution is 6.04.